The Labute approximate surface area is 126 Å². The monoisotopic (exact) mass is 304 g/mol. The molecule has 6 aliphatic heterocycles. The second-order valence-corrected chi connectivity index (χ2v) is 8.23. The quantitative estimate of drug-likeness (QED) is 0.523. The molecule has 0 aromatic rings. The summed E-state index contributed by atoms with van der Waals surface area (Å²) in [4.78, 5) is 0. The maximum absolute atomic E-state index is 14.2. The second-order valence-electron chi connectivity index (χ2n) is 8.23. The van der Waals surface area contributed by atoms with E-state index in [4.69, 9.17) is 0 Å². The molecule has 6 heterocycles. The molecule has 0 saturated carbocycles. The molecule has 6 fully saturated rings. The highest BCUT2D eigenvalue weighted by Gasteiger charge is 2.52. The fourth-order valence-electron chi connectivity index (χ4n) is 5.10. The molecule has 0 atom stereocenters. The molecule has 6 saturated heterocycles. The van der Waals surface area contributed by atoms with Crippen LogP contribution in [0.4, 0.5) is 8.96 Å². The van der Waals surface area contributed by atoms with Gasteiger partial charge in [0, 0.05) is 6.42 Å². The Morgan fingerprint density at radius 2 is 0.762 bits per heavy atom. The minimum absolute atomic E-state index is 0.170. The van der Waals surface area contributed by atoms with Gasteiger partial charge in [0.05, 0.1) is 13.1 Å². The van der Waals surface area contributed by atoms with Crippen LogP contribution < -0.4 is 0 Å². The normalized spacial score (nSPS) is 52.3. The summed E-state index contributed by atoms with van der Waals surface area (Å²) in [7, 11) is 0. The summed E-state index contributed by atoms with van der Waals surface area (Å²) in [5.41, 5.74) is 0. The molecule has 0 radical (unpaired) electrons. The molecule has 120 valence electrons. The molecule has 21 heavy (non-hydrogen) atoms. The Bertz CT molecular complexity index is 341. The zero-order chi connectivity index (χ0) is 14.6. The van der Waals surface area contributed by atoms with Gasteiger partial charge in [-0.05, 0) is 8.96 Å². The molecule has 6 aliphatic rings. The van der Waals surface area contributed by atoms with Gasteiger partial charge in [0.15, 0.2) is 39.3 Å². The van der Waals surface area contributed by atoms with Crippen molar-refractivity contribution in [2.24, 2.45) is 0 Å². The molecule has 4 nitrogen and oxygen atoms in total. The SMILES string of the molecule is F[N+]12CC[N+](CCC[N+]34CC[N+](F)(CC3)CC4)(CC1)CC2. The molecular formula is C15H30F2N4+4. The lowest BCUT2D eigenvalue weighted by Crippen LogP contribution is -2.74. The van der Waals surface area contributed by atoms with Crippen molar-refractivity contribution in [3.05, 3.63) is 0 Å². The third kappa shape index (κ3) is 2.50. The molecule has 6 rings (SSSR count). The second kappa shape index (κ2) is 4.60. The highest BCUT2D eigenvalue weighted by molar-refractivity contribution is 4.61. The number of hydrogen-bond acceptors (Lipinski definition) is 0. The van der Waals surface area contributed by atoms with Gasteiger partial charge in [0.2, 0.25) is 0 Å². The summed E-state index contributed by atoms with van der Waals surface area (Å²) in [5, 5.41) is 0. The van der Waals surface area contributed by atoms with Gasteiger partial charge >= 0.3 is 0 Å². The smallest absolute Gasteiger partial charge is 0.164 e. The van der Waals surface area contributed by atoms with Crippen molar-refractivity contribution in [3.63, 3.8) is 0 Å². The van der Waals surface area contributed by atoms with Crippen molar-refractivity contribution in [1.29, 1.82) is 0 Å². The van der Waals surface area contributed by atoms with Crippen LogP contribution in [-0.2, 0) is 0 Å². The molecule has 0 N–H and O–H groups in total. The Morgan fingerprint density at radius 3 is 1.05 bits per heavy atom. The predicted octanol–water partition coefficient (Wildman–Crippen LogP) is 0.467. The lowest BCUT2D eigenvalue weighted by atomic mass is 10.1. The van der Waals surface area contributed by atoms with Crippen molar-refractivity contribution in [2.75, 3.05) is 91.6 Å². The predicted molar refractivity (Wildman–Crippen MR) is 76.0 cm³/mol. The third-order valence-corrected chi connectivity index (χ3v) is 7.12. The van der Waals surface area contributed by atoms with Gasteiger partial charge in [-0.15, -0.1) is 9.41 Å². The standard InChI is InChI=1S/C15H30F2N4/c16-20-10-4-18(5-11-20,6-12-20)2-1-3-19-7-13-21(17,14-8-19)15-9-19/h1-15H2/q+4. The topological polar surface area (TPSA) is 0 Å². The van der Waals surface area contributed by atoms with E-state index >= 15 is 0 Å². The van der Waals surface area contributed by atoms with E-state index in [9.17, 15) is 8.96 Å². The van der Waals surface area contributed by atoms with Crippen molar-refractivity contribution < 1.29 is 27.3 Å². The number of hydrogen-bond donors (Lipinski definition) is 0. The average molecular weight is 304 g/mol. The zero-order valence-corrected chi connectivity index (χ0v) is 13.2. The van der Waals surface area contributed by atoms with Gasteiger partial charge in [-0.1, -0.05) is 0 Å². The Hall–Kier alpha value is -0.300. The molecular weight excluding hydrogens is 274 g/mol. The van der Waals surface area contributed by atoms with Gasteiger partial charge in [-0.25, -0.2) is 0 Å². The van der Waals surface area contributed by atoms with E-state index in [0.717, 1.165) is 87.5 Å². The number of nitrogens with zero attached hydrogens (tertiary/aromatic N) is 4. The molecule has 4 bridgehead atoms. The number of quaternary nitrogens is 4. The average Bonchev–Trinajstić information content (AvgIpc) is 2.51. The number of rotatable bonds is 4. The Balaban J connectivity index is 1.30. The van der Waals surface area contributed by atoms with Crippen LogP contribution in [0.25, 0.3) is 0 Å². The lowest BCUT2D eigenvalue weighted by molar-refractivity contribution is -1.15. The van der Waals surface area contributed by atoms with E-state index in [-0.39, 0.29) is 9.41 Å². The van der Waals surface area contributed by atoms with Crippen LogP contribution in [0.15, 0.2) is 0 Å². The molecule has 0 aromatic carbocycles. The molecule has 0 spiro atoms. The largest absolute Gasteiger partial charge is 0.309 e. The van der Waals surface area contributed by atoms with Crippen LogP contribution in [0.5, 0.6) is 0 Å². The van der Waals surface area contributed by atoms with E-state index in [1.165, 1.54) is 19.5 Å². The number of halogens is 2. The Kier molecular flexibility index (Phi) is 3.13. The fourth-order valence-corrected chi connectivity index (χ4v) is 5.10. The number of piperazine rings is 6. The molecule has 0 unspecified atom stereocenters. The number of fused-ring (bicyclic) bond motifs is 6. The molecule has 0 aliphatic carbocycles. The van der Waals surface area contributed by atoms with Crippen molar-refractivity contribution in [1.82, 2.24) is 0 Å². The minimum Gasteiger partial charge on any atom is -0.309 e. The van der Waals surface area contributed by atoms with Crippen LogP contribution in [0, 0.1) is 0 Å². The summed E-state index contributed by atoms with van der Waals surface area (Å²) in [6.45, 7) is 13.0. The van der Waals surface area contributed by atoms with Gasteiger partial charge in [0.25, 0.3) is 0 Å². The highest BCUT2D eigenvalue weighted by Crippen LogP contribution is 2.30. The van der Waals surface area contributed by atoms with Crippen LogP contribution >= 0.6 is 0 Å². The first-order valence-electron chi connectivity index (χ1n) is 8.77. The maximum Gasteiger partial charge on any atom is 0.164 e. The summed E-state index contributed by atoms with van der Waals surface area (Å²) < 4.78 is 30.3. The van der Waals surface area contributed by atoms with E-state index in [1.54, 1.807) is 0 Å². The summed E-state index contributed by atoms with van der Waals surface area (Å²) in [6, 6.07) is 0. The Morgan fingerprint density at radius 1 is 0.476 bits per heavy atom. The highest BCUT2D eigenvalue weighted by atomic mass is 19.2. The zero-order valence-electron chi connectivity index (χ0n) is 13.2. The van der Waals surface area contributed by atoms with Gasteiger partial charge in [-0.3, -0.25) is 0 Å². The van der Waals surface area contributed by atoms with Crippen LogP contribution in [0.1, 0.15) is 6.42 Å². The van der Waals surface area contributed by atoms with Crippen LogP contribution in [-0.4, -0.2) is 110 Å². The molecule has 0 aromatic heterocycles. The van der Waals surface area contributed by atoms with E-state index in [2.05, 4.69) is 0 Å². The van der Waals surface area contributed by atoms with Gasteiger partial charge in [0.1, 0.15) is 39.3 Å². The van der Waals surface area contributed by atoms with E-state index in [1.807, 2.05) is 0 Å². The maximum atomic E-state index is 14.2. The van der Waals surface area contributed by atoms with E-state index in [0.29, 0.717) is 0 Å². The van der Waals surface area contributed by atoms with Crippen molar-refractivity contribution in [2.45, 2.75) is 6.42 Å². The first kappa shape index (κ1) is 14.3. The van der Waals surface area contributed by atoms with Crippen LogP contribution in [0.3, 0.4) is 0 Å². The van der Waals surface area contributed by atoms with Crippen LogP contribution in [0.2, 0.25) is 0 Å². The van der Waals surface area contributed by atoms with Crippen molar-refractivity contribution in [3.8, 4) is 0 Å². The molecule has 6 heteroatoms. The van der Waals surface area contributed by atoms with E-state index < -0.39 is 0 Å². The van der Waals surface area contributed by atoms with Gasteiger partial charge in [-0.2, -0.15) is 0 Å². The minimum atomic E-state index is -0.170. The lowest BCUT2D eigenvalue weighted by Gasteiger charge is -2.52. The summed E-state index contributed by atoms with van der Waals surface area (Å²) >= 11 is 0. The third-order valence-electron chi connectivity index (χ3n) is 7.12. The first-order chi connectivity index (χ1) is 9.95. The van der Waals surface area contributed by atoms with Gasteiger partial charge < -0.3 is 8.97 Å². The van der Waals surface area contributed by atoms with Crippen molar-refractivity contribution >= 4 is 0 Å². The summed E-state index contributed by atoms with van der Waals surface area (Å²) in [6.07, 6.45) is 1.23. The summed E-state index contributed by atoms with van der Waals surface area (Å²) in [5.74, 6) is 0. The fraction of sp³-hybridized carbons (Fsp3) is 1.00. The molecule has 0 amide bonds. The first-order valence-corrected chi connectivity index (χ1v) is 8.77.